The van der Waals surface area contributed by atoms with E-state index in [0.29, 0.717) is 13.2 Å². The van der Waals surface area contributed by atoms with Crippen LogP contribution in [0.15, 0.2) is 24.3 Å². The Morgan fingerprint density at radius 1 is 1.29 bits per heavy atom. The third-order valence-electron chi connectivity index (χ3n) is 2.35. The molecule has 0 aliphatic carbocycles. The molecule has 92 valence electrons. The molecular formula is C13H17NO3. The van der Waals surface area contributed by atoms with Gasteiger partial charge in [-0.05, 0) is 25.0 Å². The van der Waals surface area contributed by atoms with Gasteiger partial charge in [0, 0.05) is 6.54 Å². The van der Waals surface area contributed by atoms with Gasteiger partial charge in [-0.25, -0.2) is 0 Å². The lowest BCUT2D eigenvalue weighted by atomic mass is 10.1. The lowest BCUT2D eigenvalue weighted by molar-refractivity contribution is -0.146. The Kier molecular flexibility index (Phi) is 5.20. The molecule has 0 radical (unpaired) electrons. The molecule has 0 saturated heterocycles. The van der Waals surface area contributed by atoms with Crippen molar-refractivity contribution in [3.8, 4) is 0 Å². The molecule has 1 aromatic carbocycles. The highest BCUT2D eigenvalue weighted by Gasteiger charge is 2.09. The number of ether oxygens (including phenoxy) is 1. The van der Waals surface area contributed by atoms with Crippen molar-refractivity contribution in [2.45, 2.75) is 26.8 Å². The highest BCUT2D eigenvalue weighted by molar-refractivity contribution is 5.94. The number of aryl methyl sites for hydroxylation is 1. The van der Waals surface area contributed by atoms with Gasteiger partial charge in [0.25, 0.3) is 0 Å². The fourth-order valence-electron chi connectivity index (χ4n) is 1.41. The molecule has 0 saturated carbocycles. The average Bonchev–Trinajstić information content (AvgIpc) is 2.28. The van der Waals surface area contributed by atoms with Crippen molar-refractivity contribution in [1.82, 2.24) is 5.32 Å². The Morgan fingerprint density at radius 2 is 2.00 bits per heavy atom. The largest absolute Gasteiger partial charge is 0.466 e. The van der Waals surface area contributed by atoms with E-state index in [1.807, 2.05) is 31.2 Å². The lowest BCUT2D eigenvalue weighted by Gasteiger charge is -2.07. The quantitative estimate of drug-likeness (QED) is 0.622. The van der Waals surface area contributed by atoms with E-state index in [1.54, 1.807) is 6.92 Å². The molecule has 17 heavy (non-hydrogen) atoms. The smallest absolute Gasteiger partial charge is 0.315 e. The van der Waals surface area contributed by atoms with Crippen LogP contribution < -0.4 is 5.32 Å². The molecule has 0 unspecified atom stereocenters. The molecule has 0 heterocycles. The first-order valence-electron chi connectivity index (χ1n) is 5.60. The van der Waals surface area contributed by atoms with Gasteiger partial charge in [-0.2, -0.15) is 0 Å². The predicted octanol–water partition coefficient (Wildman–Crippen LogP) is 1.56. The number of hydrogen-bond acceptors (Lipinski definition) is 3. The van der Waals surface area contributed by atoms with Crippen LogP contribution in [0.3, 0.4) is 0 Å². The van der Waals surface area contributed by atoms with Gasteiger partial charge in [-0.3, -0.25) is 9.59 Å². The summed E-state index contributed by atoms with van der Waals surface area (Å²) in [5, 5.41) is 2.69. The minimum atomic E-state index is -0.491. The average molecular weight is 235 g/mol. The van der Waals surface area contributed by atoms with Crippen LogP contribution in [0.5, 0.6) is 0 Å². The summed E-state index contributed by atoms with van der Waals surface area (Å²) in [5.41, 5.74) is 2.16. The summed E-state index contributed by atoms with van der Waals surface area (Å²) in [4.78, 5) is 22.4. The zero-order valence-corrected chi connectivity index (χ0v) is 10.2. The fourth-order valence-corrected chi connectivity index (χ4v) is 1.41. The summed E-state index contributed by atoms with van der Waals surface area (Å²) in [6.07, 6.45) is -0.222. The van der Waals surface area contributed by atoms with Gasteiger partial charge in [0.2, 0.25) is 5.91 Å². The molecule has 0 aliphatic rings. The summed E-state index contributed by atoms with van der Waals surface area (Å²) in [6, 6.07) is 7.78. The van der Waals surface area contributed by atoms with Crippen LogP contribution in [0.1, 0.15) is 24.5 Å². The Hall–Kier alpha value is -1.84. The molecule has 4 nitrogen and oxygen atoms in total. The molecule has 1 amide bonds. The number of carbonyl (C=O) groups excluding carboxylic acids is 2. The number of esters is 1. The number of amides is 1. The molecule has 0 bridgehead atoms. The van der Waals surface area contributed by atoms with E-state index in [1.165, 1.54) is 0 Å². The molecule has 1 N–H and O–H groups in total. The first-order chi connectivity index (χ1) is 8.13. The number of benzene rings is 1. The number of nitrogens with one attached hydrogen (secondary N) is 1. The van der Waals surface area contributed by atoms with E-state index < -0.39 is 5.97 Å². The number of hydrogen-bond donors (Lipinski definition) is 1. The highest BCUT2D eigenvalue weighted by atomic mass is 16.5. The second-order valence-corrected chi connectivity index (χ2v) is 3.69. The number of carbonyl (C=O) groups is 2. The first-order valence-corrected chi connectivity index (χ1v) is 5.60. The van der Waals surface area contributed by atoms with Crippen LogP contribution in [0.25, 0.3) is 0 Å². The van der Waals surface area contributed by atoms with Gasteiger partial charge in [-0.1, -0.05) is 24.3 Å². The summed E-state index contributed by atoms with van der Waals surface area (Å²) >= 11 is 0. The van der Waals surface area contributed by atoms with Crippen molar-refractivity contribution in [1.29, 1.82) is 0 Å². The van der Waals surface area contributed by atoms with Gasteiger partial charge in [0.15, 0.2) is 0 Å². The lowest BCUT2D eigenvalue weighted by Crippen LogP contribution is -2.26. The van der Waals surface area contributed by atoms with Crippen molar-refractivity contribution >= 4 is 11.9 Å². The number of rotatable bonds is 5. The molecule has 0 atom stereocenters. The van der Waals surface area contributed by atoms with Gasteiger partial charge in [0.05, 0.1) is 6.61 Å². The molecular weight excluding hydrogens is 218 g/mol. The Labute approximate surface area is 101 Å². The Morgan fingerprint density at radius 3 is 2.65 bits per heavy atom. The topological polar surface area (TPSA) is 55.4 Å². The normalized spacial score (nSPS) is 9.76. The first kappa shape index (κ1) is 13.2. The van der Waals surface area contributed by atoms with Crippen molar-refractivity contribution in [3.05, 3.63) is 35.4 Å². The Bertz CT molecular complexity index is 401. The van der Waals surface area contributed by atoms with Gasteiger partial charge >= 0.3 is 5.97 Å². The summed E-state index contributed by atoms with van der Waals surface area (Å²) in [5.74, 6) is -0.804. The van der Waals surface area contributed by atoms with Crippen molar-refractivity contribution < 1.29 is 14.3 Å². The maximum Gasteiger partial charge on any atom is 0.315 e. The minimum Gasteiger partial charge on any atom is -0.466 e. The van der Waals surface area contributed by atoms with Crippen molar-refractivity contribution in [2.75, 3.05) is 6.61 Å². The van der Waals surface area contributed by atoms with E-state index in [4.69, 9.17) is 0 Å². The fraction of sp³-hybridized carbons (Fsp3) is 0.385. The standard InChI is InChI=1S/C13H17NO3/c1-3-17-13(16)8-12(15)14-9-11-7-5-4-6-10(11)2/h4-7H,3,8-9H2,1-2H3,(H,14,15). The van der Waals surface area contributed by atoms with Crippen molar-refractivity contribution in [3.63, 3.8) is 0 Å². The van der Waals surface area contributed by atoms with Crippen LogP contribution in [0.4, 0.5) is 0 Å². The second-order valence-electron chi connectivity index (χ2n) is 3.69. The van der Waals surface area contributed by atoms with E-state index >= 15 is 0 Å². The molecule has 4 heteroatoms. The van der Waals surface area contributed by atoms with Crippen LogP contribution in [0, 0.1) is 6.92 Å². The highest BCUT2D eigenvalue weighted by Crippen LogP contribution is 2.06. The van der Waals surface area contributed by atoms with Crippen LogP contribution in [-0.4, -0.2) is 18.5 Å². The van der Waals surface area contributed by atoms with Crippen LogP contribution in [-0.2, 0) is 20.9 Å². The summed E-state index contributed by atoms with van der Waals surface area (Å²) < 4.78 is 4.69. The van der Waals surface area contributed by atoms with Gasteiger partial charge in [-0.15, -0.1) is 0 Å². The zero-order valence-electron chi connectivity index (χ0n) is 10.2. The summed E-state index contributed by atoms with van der Waals surface area (Å²) in [7, 11) is 0. The van der Waals surface area contributed by atoms with E-state index in [-0.39, 0.29) is 12.3 Å². The monoisotopic (exact) mass is 235 g/mol. The van der Waals surface area contributed by atoms with E-state index in [9.17, 15) is 9.59 Å². The molecule has 1 rings (SSSR count). The minimum absolute atomic E-state index is 0.222. The van der Waals surface area contributed by atoms with Gasteiger partial charge < -0.3 is 10.1 Å². The molecule has 0 fully saturated rings. The molecule has 0 aromatic heterocycles. The van der Waals surface area contributed by atoms with Crippen LogP contribution >= 0.6 is 0 Å². The van der Waals surface area contributed by atoms with Crippen molar-refractivity contribution in [2.24, 2.45) is 0 Å². The Balaban J connectivity index is 2.38. The maximum absolute atomic E-state index is 11.4. The van der Waals surface area contributed by atoms with E-state index in [0.717, 1.165) is 11.1 Å². The third kappa shape index (κ3) is 4.68. The predicted molar refractivity (Wildman–Crippen MR) is 64.3 cm³/mol. The maximum atomic E-state index is 11.4. The van der Waals surface area contributed by atoms with Gasteiger partial charge in [0.1, 0.15) is 6.42 Å². The molecule has 1 aromatic rings. The zero-order chi connectivity index (χ0) is 12.7. The van der Waals surface area contributed by atoms with Crippen LogP contribution in [0.2, 0.25) is 0 Å². The third-order valence-corrected chi connectivity index (χ3v) is 2.35. The molecule has 0 spiro atoms. The second kappa shape index (κ2) is 6.68. The summed E-state index contributed by atoms with van der Waals surface area (Å²) in [6.45, 7) is 4.42. The SMILES string of the molecule is CCOC(=O)CC(=O)NCc1ccccc1C. The van der Waals surface area contributed by atoms with E-state index in [2.05, 4.69) is 10.1 Å². The molecule has 0 aliphatic heterocycles.